The van der Waals surface area contributed by atoms with Crippen molar-refractivity contribution in [2.45, 2.75) is 3.78 Å². The maximum atomic E-state index is 10.9. The fraction of sp³-hybridized carbons (Fsp3) is 0.125. The van der Waals surface area contributed by atoms with E-state index in [1.54, 1.807) is 24.3 Å². The first-order valence-corrected chi connectivity index (χ1v) is 4.73. The van der Waals surface area contributed by atoms with Crippen molar-refractivity contribution in [1.29, 1.82) is 0 Å². The van der Waals surface area contributed by atoms with E-state index in [2.05, 4.69) is 15.9 Å². The highest BCUT2D eigenvalue weighted by Gasteiger charge is 2.33. The fourth-order valence-electron chi connectivity index (χ4n) is 0.761. The van der Waals surface area contributed by atoms with Gasteiger partial charge in [-0.3, -0.25) is 4.79 Å². The molecule has 0 amide bonds. The van der Waals surface area contributed by atoms with Crippen LogP contribution in [0.4, 0.5) is 0 Å². The zero-order chi connectivity index (χ0) is 9.19. The van der Waals surface area contributed by atoms with Gasteiger partial charge < -0.3 is 0 Å². The Hall–Kier alpha value is -0.0500. The number of benzene rings is 1. The van der Waals surface area contributed by atoms with Gasteiger partial charge in [0.1, 0.15) is 0 Å². The van der Waals surface area contributed by atoms with Crippen molar-refractivity contribution < 1.29 is 4.79 Å². The number of rotatable bonds is 2. The maximum absolute atomic E-state index is 10.9. The second-order valence-electron chi connectivity index (χ2n) is 2.21. The molecule has 0 saturated heterocycles. The number of carbonyl (C=O) groups excluding carboxylic acids is 1. The molecule has 12 heavy (non-hydrogen) atoms. The molecule has 1 rings (SSSR count). The molecule has 0 aliphatic rings. The Morgan fingerprint density at radius 2 is 1.83 bits per heavy atom. The van der Waals surface area contributed by atoms with Crippen molar-refractivity contribution in [2.24, 2.45) is 0 Å². The van der Waals surface area contributed by atoms with Gasteiger partial charge in [0, 0.05) is 0 Å². The summed E-state index contributed by atoms with van der Waals surface area (Å²) >= 11 is 14.2. The third-order valence-corrected chi connectivity index (χ3v) is 3.20. The first kappa shape index (κ1) is 10.0. The maximum Gasteiger partial charge on any atom is 0.258 e. The number of alkyl halides is 2. The first-order valence-electron chi connectivity index (χ1n) is 3.18. The quantitative estimate of drug-likeness (QED) is 0.594. The van der Waals surface area contributed by atoms with Crippen LogP contribution >= 0.6 is 39.1 Å². The van der Waals surface area contributed by atoms with Crippen molar-refractivity contribution in [3.8, 4) is 0 Å². The summed E-state index contributed by atoms with van der Waals surface area (Å²) in [7, 11) is 0. The van der Waals surface area contributed by atoms with Crippen LogP contribution in [-0.4, -0.2) is 5.24 Å². The zero-order valence-electron chi connectivity index (χ0n) is 5.93. The molecule has 0 N–H and O–H groups in total. The van der Waals surface area contributed by atoms with Gasteiger partial charge in [-0.1, -0.05) is 57.9 Å². The van der Waals surface area contributed by atoms with Gasteiger partial charge in [-0.25, -0.2) is 0 Å². The Balaban J connectivity index is 3.06. The van der Waals surface area contributed by atoms with Gasteiger partial charge in [-0.15, -0.1) is 0 Å². The van der Waals surface area contributed by atoms with Crippen molar-refractivity contribution >= 4 is 44.4 Å². The van der Waals surface area contributed by atoms with Crippen LogP contribution in [0.3, 0.4) is 0 Å². The molecule has 0 saturated carbocycles. The molecular weight excluding hydrogens is 263 g/mol. The van der Waals surface area contributed by atoms with Gasteiger partial charge in [-0.05, 0) is 17.2 Å². The lowest BCUT2D eigenvalue weighted by Gasteiger charge is -2.14. The van der Waals surface area contributed by atoms with Crippen molar-refractivity contribution in [2.75, 3.05) is 0 Å². The van der Waals surface area contributed by atoms with Gasteiger partial charge >= 0.3 is 0 Å². The summed E-state index contributed by atoms with van der Waals surface area (Å²) < 4.78 is -1.30. The summed E-state index contributed by atoms with van der Waals surface area (Å²) in [6.45, 7) is 0. The highest BCUT2D eigenvalue weighted by Crippen LogP contribution is 2.37. The molecule has 4 heteroatoms. The molecule has 0 aliphatic carbocycles. The Kier molecular flexibility index (Phi) is 3.16. The van der Waals surface area contributed by atoms with Gasteiger partial charge in [0.25, 0.3) is 5.24 Å². The lowest BCUT2D eigenvalue weighted by atomic mass is 10.2. The van der Waals surface area contributed by atoms with Gasteiger partial charge in [-0.2, -0.15) is 0 Å². The molecule has 0 aromatic heterocycles. The third kappa shape index (κ3) is 2.00. The number of carbonyl (C=O) groups is 1. The molecule has 1 aromatic rings. The van der Waals surface area contributed by atoms with E-state index in [1.807, 2.05) is 6.07 Å². The average molecular weight is 268 g/mol. The summed E-state index contributed by atoms with van der Waals surface area (Å²) in [5.74, 6) is 0. The second-order valence-corrected chi connectivity index (χ2v) is 4.77. The topological polar surface area (TPSA) is 17.1 Å². The van der Waals surface area contributed by atoms with Crippen molar-refractivity contribution in [3.05, 3.63) is 35.9 Å². The molecule has 1 aromatic carbocycles. The van der Waals surface area contributed by atoms with Crippen LogP contribution in [0.5, 0.6) is 0 Å². The van der Waals surface area contributed by atoms with Gasteiger partial charge in [0.2, 0.25) is 0 Å². The van der Waals surface area contributed by atoms with Gasteiger partial charge in [0.15, 0.2) is 3.78 Å². The van der Waals surface area contributed by atoms with E-state index in [9.17, 15) is 4.79 Å². The minimum Gasteiger partial charge on any atom is -0.278 e. The Bertz CT molecular complexity index is 284. The third-order valence-electron chi connectivity index (χ3n) is 1.38. The van der Waals surface area contributed by atoms with Gasteiger partial charge in [0.05, 0.1) is 0 Å². The Morgan fingerprint density at radius 3 is 2.25 bits per heavy atom. The molecule has 0 heterocycles. The number of halogens is 3. The monoisotopic (exact) mass is 266 g/mol. The van der Waals surface area contributed by atoms with Crippen LogP contribution in [0.25, 0.3) is 0 Å². The average Bonchev–Trinajstić information content (AvgIpc) is 2.06. The molecule has 1 nitrogen and oxygen atoms in total. The minimum absolute atomic E-state index is 0.631. The van der Waals surface area contributed by atoms with E-state index < -0.39 is 9.03 Å². The lowest BCUT2D eigenvalue weighted by Crippen LogP contribution is -2.17. The van der Waals surface area contributed by atoms with E-state index in [4.69, 9.17) is 23.2 Å². The molecule has 0 fully saturated rings. The SMILES string of the molecule is O=C(Cl)C(Cl)(Br)c1ccccc1. The van der Waals surface area contributed by atoms with E-state index in [-0.39, 0.29) is 0 Å². The second kappa shape index (κ2) is 3.77. The normalized spacial score (nSPS) is 15.2. The van der Waals surface area contributed by atoms with Crippen molar-refractivity contribution in [3.63, 3.8) is 0 Å². The highest BCUT2D eigenvalue weighted by atomic mass is 79.9. The van der Waals surface area contributed by atoms with Crippen LogP contribution in [0, 0.1) is 0 Å². The zero-order valence-corrected chi connectivity index (χ0v) is 9.03. The summed E-state index contributed by atoms with van der Waals surface area (Å²) in [5, 5.41) is -0.643. The fourth-order valence-corrected chi connectivity index (χ4v) is 1.26. The summed E-state index contributed by atoms with van der Waals surface area (Å²) in [6.07, 6.45) is 0. The summed E-state index contributed by atoms with van der Waals surface area (Å²) in [5.41, 5.74) is 0.631. The minimum atomic E-state index is -1.30. The molecule has 1 atom stereocenters. The van der Waals surface area contributed by atoms with Crippen LogP contribution in [0.2, 0.25) is 0 Å². The molecular formula is C8H5BrCl2O. The summed E-state index contributed by atoms with van der Waals surface area (Å²) in [6, 6.07) is 8.85. The van der Waals surface area contributed by atoms with Crippen molar-refractivity contribution in [1.82, 2.24) is 0 Å². The van der Waals surface area contributed by atoms with E-state index in [1.165, 1.54) is 0 Å². The smallest absolute Gasteiger partial charge is 0.258 e. The van der Waals surface area contributed by atoms with E-state index >= 15 is 0 Å². The largest absolute Gasteiger partial charge is 0.278 e. The number of hydrogen-bond donors (Lipinski definition) is 0. The van der Waals surface area contributed by atoms with Crippen LogP contribution in [0.1, 0.15) is 5.56 Å². The highest BCUT2D eigenvalue weighted by molar-refractivity contribution is 9.10. The Morgan fingerprint density at radius 1 is 1.33 bits per heavy atom. The molecule has 1 unspecified atom stereocenters. The first-order chi connectivity index (χ1) is 5.55. The molecule has 0 aliphatic heterocycles. The Labute approximate surface area is 88.8 Å². The predicted molar refractivity (Wildman–Crippen MR) is 53.8 cm³/mol. The summed E-state index contributed by atoms with van der Waals surface area (Å²) in [4.78, 5) is 10.9. The lowest BCUT2D eigenvalue weighted by molar-refractivity contribution is -0.112. The van der Waals surface area contributed by atoms with Crippen LogP contribution in [-0.2, 0) is 8.58 Å². The van der Waals surface area contributed by atoms with E-state index in [0.29, 0.717) is 5.56 Å². The molecule has 0 bridgehead atoms. The standard InChI is InChI=1S/C8H5BrCl2O/c9-8(11,7(10)12)6-4-2-1-3-5-6/h1-5H. The number of hydrogen-bond acceptors (Lipinski definition) is 1. The molecule has 0 spiro atoms. The predicted octanol–water partition coefficient (Wildman–Crippen LogP) is 3.24. The molecule has 0 radical (unpaired) electrons. The van der Waals surface area contributed by atoms with E-state index in [0.717, 1.165) is 0 Å². The molecule has 64 valence electrons. The van der Waals surface area contributed by atoms with Crippen LogP contribution in [0.15, 0.2) is 30.3 Å². The van der Waals surface area contributed by atoms with Crippen LogP contribution < -0.4 is 0 Å².